The lowest BCUT2D eigenvalue weighted by Crippen LogP contribution is -2.54. The molecule has 0 radical (unpaired) electrons. The summed E-state index contributed by atoms with van der Waals surface area (Å²) >= 11 is 0. The summed E-state index contributed by atoms with van der Waals surface area (Å²) in [5.41, 5.74) is 7.39. The second-order valence-corrected chi connectivity index (χ2v) is 7.76. The van der Waals surface area contributed by atoms with E-state index in [2.05, 4.69) is 13.8 Å². The molecule has 0 aromatic rings. The molecule has 0 aromatic carbocycles. The molecule has 4 aliphatic carbocycles. The molecule has 4 bridgehead atoms. The number of nitrogens with two attached hydrogens (primary N) is 1. The maximum Gasteiger partial charge on any atom is -0.00201 e. The Hall–Kier alpha value is -0.0400. The van der Waals surface area contributed by atoms with E-state index in [1.807, 2.05) is 0 Å². The van der Waals surface area contributed by atoms with Crippen LogP contribution in [-0.4, -0.2) is 6.54 Å². The van der Waals surface area contributed by atoms with E-state index >= 15 is 0 Å². The molecule has 4 rings (SSSR count). The molecule has 92 valence electrons. The molecule has 0 aliphatic heterocycles. The summed E-state index contributed by atoms with van der Waals surface area (Å²) in [5, 5.41) is 0. The second kappa shape index (κ2) is 3.48. The second-order valence-electron chi connectivity index (χ2n) is 7.76. The van der Waals surface area contributed by atoms with Crippen LogP contribution in [0, 0.1) is 28.6 Å². The monoisotopic (exact) mass is 221 g/mol. The van der Waals surface area contributed by atoms with E-state index in [1.54, 1.807) is 0 Å². The quantitative estimate of drug-likeness (QED) is 0.774. The highest BCUT2D eigenvalue weighted by Gasteiger charge is 2.56. The highest BCUT2D eigenvalue weighted by Crippen LogP contribution is 2.66. The molecule has 2 atom stereocenters. The van der Waals surface area contributed by atoms with Crippen LogP contribution in [0.3, 0.4) is 0 Å². The molecule has 0 amide bonds. The van der Waals surface area contributed by atoms with Crippen LogP contribution >= 0.6 is 0 Å². The summed E-state index contributed by atoms with van der Waals surface area (Å²) in [4.78, 5) is 0. The molecule has 16 heavy (non-hydrogen) atoms. The predicted octanol–water partition coefficient (Wildman–Crippen LogP) is 3.58. The van der Waals surface area contributed by atoms with Crippen molar-refractivity contribution < 1.29 is 0 Å². The summed E-state index contributed by atoms with van der Waals surface area (Å²) in [6.45, 7) is 5.75. The average molecular weight is 221 g/mol. The fourth-order valence-corrected chi connectivity index (χ4v) is 5.99. The van der Waals surface area contributed by atoms with Gasteiger partial charge in [-0.2, -0.15) is 0 Å². The Morgan fingerprint density at radius 1 is 1.06 bits per heavy atom. The van der Waals surface area contributed by atoms with Gasteiger partial charge in [-0.1, -0.05) is 13.8 Å². The van der Waals surface area contributed by atoms with Gasteiger partial charge in [-0.3, -0.25) is 0 Å². The van der Waals surface area contributed by atoms with Gasteiger partial charge in [0.15, 0.2) is 0 Å². The first-order chi connectivity index (χ1) is 7.55. The third kappa shape index (κ3) is 1.63. The van der Waals surface area contributed by atoms with Gasteiger partial charge in [-0.25, -0.2) is 0 Å². The molecule has 0 aromatic heterocycles. The molecular weight excluding hydrogens is 194 g/mol. The summed E-state index contributed by atoms with van der Waals surface area (Å²) in [6, 6.07) is 0. The minimum Gasteiger partial charge on any atom is -0.330 e. The fraction of sp³-hybridized carbons (Fsp3) is 1.00. The van der Waals surface area contributed by atoms with E-state index in [1.165, 1.54) is 44.9 Å². The molecular formula is C15H27N. The zero-order chi connectivity index (χ0) is 11.4. The Morgan fingerprint density at radius 3 is 2.12 bits per heavy atom. The molecule has 4 aliphatic rings. The van der Waals surface area contributed by atoms with Gasteiger partial charge in [0.05, 0.1) is 0 Å². The Bertz CT molecular complexity index is 262. The summed E-state index contributed by atoms with van der Waals surface area (Å²) in [5.74, 6) is 2.93. The first kappa shape index (κ1) is 11.1. The van der Waals surface area contributed by atoms with Crippen molar-refractivity contribution in [3.8, 4) is 0 Å². The standard InChI is InChI=1S/C15H27N/c1-11(2)4-14-5-12-3-13(6-14)8-15(7-12,9-14)10-16/h11-13H,3-10,16H2,1-2H3. The fourth-order valence-electron chi connectivity index (χ4n) is 5.99. The summed E-state index contributed by atoms with van der Waals surface area (Å²) < 4.78 is 0. The Balaban J connectivity index is 1.86. The minimum atomic E-state index is 0.568. The zero-order valence-electron chi connectivity index (χ0n) is 11.0. The van der Waals surface area contributed by atoms with Crippen LogP contribution in [-0.2, 0) is 0 Å². The van der Waals surface area contributed by atoms with Crippen molar-refractivity contribution in [2.75, 3.05) is 6.54 Å². The zero-order valence-corrected chi connectivity index (χ0v) is 11.0. The predicted molar refractivity (Wildman–Crippen MR) is 68.1 cm³/mol. The maximum atomic E-state index is 6.12. The Labute approximate surface area is 100 Å². The lowest BCUT2D eigenvalue weighted by molar-refractivity contribution is -0.113. The van der Waals surface area contributed by atoms with Crippen LogP contribution in [0.1, 0.15) is 58.8 Å². The van der Waals surface area contributed by atoms with Crippen LogP contribution < -0.4 is 5.73 Å². The van der Waals surface area contributed by atoms with Crippen molar-refractivity contribution in [2.45, 2.75) is 58.8 Å². The molecule has 4 fully saturated rings. The Morgan fingerprint density at radius 2 is 1.62 bits per heavy atom. The lowest BCUT2D eigenvalue weighted by atomic mass is 9.43. The molecule has 1 nitrogen and oxygen atoms in total. The van der Waals surface area contributed by atoms with E-state index in [4.69, 9.17) is 5.73 Å². The smallest absolute Gasteiger partial charge is 0.00201 e. The molecule has 2 unspecified atom stereocenters. The van der Waals surface area contributed by atoms with Crippen LogP contribution in [0.2, 0.25) is 0 Å². The normalized spacial score (nSPS) is 50.2. The van der Waals surface area contributed by atoms with Gasteiger partial charge in [0, 0.05) is 0 Å². The SMILES string of the molecule is CC(C)CC12CC3CC(CC(CN)(C3)C1)C2. The number of hydrogen-bond acceptors (Lipinski definition) is 1. The molecule has 2 N–H and O–H groups in total. The lowest BCUT2D eigenvalue weighted by Gasteiger charge is -2.62. The topological polar surface area (TPSA) is 26.0 Å². The molecule has 1 heteroatoms. The van der Waals surface area contributed by atoms with Crippen molar-refractivity contribution >= 4 is 0 Å². The van der Waals surface area contributed by atoms with Crippen molar-refractivity contribution in [1.82, 2.24) is 0 Å². The van der Waals surface area contributed by atoms with Crippen molar-refractivity contribution in [3.05, 3.63) is 0 Å². The van der Waals surface area contributed by atoms with Gasteiger partial charge in [0.25, 0.3) is 0 Å². The third-order valence-corrected chi connectivity index (χ3v) is 5.58. The maximum absolute atomic E-state index is 6.12. The first-order valence-corrected chi connectivity index (χ1v) is 7.25. The van der Waals surface area contributed by atoms with Crippen LogP contribution in [0.5, 0.6) is 0 Å². The van der Waals surface area contributed by atoms with Crippen LogP contribution in [0.25, 0.3) is 0 Å². The van der Waals surface area contributed by atoms with Crippen molar-refractivity contribution in [2.24, 2.45) is 34.3 Å². The summed E-state index contributed by atoms with van der Waals surface area (Å²) in [7, 11) is 0. The molecule has 0 saturated heterocycles. The van der Waals surface area contributed by atoms with E-state index in [0.29, 0.717) is 10.8 Å². The largest absolute Gasteiger partial charge is 0.330 e. The van der Waals surface area contributed by atoms with Gasteiger partial charge in [-0.15, -0.1) is 0 Å². The summed E-state index contributed by atoms with van der Waals surface area (Å²) in [6.07, 6.45) is 10.4. The van der Waals surface area contributed by atoms with E-state index in [-0.39, 0.29) is 0 Å². The Kier molecular flexibility index (Phi) is 2.41. The van der Waals surface area contributed by atoms with Crippen molar-refractivity contribution in [1.29, 1.82) is 0 Å². The highest BCUT2D eigenvalue weighted by molar-refractivity contribution is 5.07. The molecule has 4 saturated carbocycles. The average Bonchev–Trinajstić information content (AvgIpc) is 2.13. The van der Waals surface area contributed by atoms with E-state index < -0.39 is 0 Å². The molecule has 0 spiro atoms. The first-order valence-electron chi connectivity index (χ1n) is 7.25. The van der Waals surface area contributed by atoms with Gasteiger partial charge >= 0.3 is 0 Å². The van der Waals surface area contributed by atoms with E-state index in [9.17, 15) is 0 Å². The van der Waals surface area contributed by atoms with Gasteiger partial charge in [0.2, 0.25) is 0 Å². The van der Waals surface area contributed by atoms with Crippen molar-refractivity contribution in [3.63, 3.8) is 0 Å². The van der Waals surface area contributed by atoms with Gasteiger partial charge in [0.1, 0.15) is 0 Å². The van der Waals surface area contributed by atoms with E-state index in [0.717, 1.165) is 24.3 Å². The number of rotatable bonds is 3. The van der Waals surface area contributed by atoms with Gasteiger partial charge in [-0.05, 0) is 80.1 Å². The minimum absolute atomic E-state index is 0.568. The van der Waals surface area contributed by atoms with Crippen LogP contribution in [0.4, 0.5) is 0 Å². The number of hydrogen-bond donors (Lipinski definition) is 1. The third-order valence-electron chi connectivity index (χ3n) is 5.58. The van der Waals surface area contributed by atoms with Crippen LogP contribution in [0.15, 0.2) is 0 Å². The highest BCUT2D eigenvalue weighted by atomic mass is 14.7. The van der Waals surface area contributed by atoms with Gasteiger partial charge < -0.3 is 5.73 Å². The molecule has 0 heterocycles.